The van der Waals surface area contributed by atoms with Crippen molar-refractivity contribution in [2.45, 2.75) is 127 Å². The Morgan fingerprint density at radius 2 is 0.948 bits per heavy atom. The van der Waals surface area contributed by atoms with Crippen molar-refractivity contribution in [2.75, 3.05) is 13.2 Å². The molecule has 12 heteroatoms. The van der Waals surface area contributed by atoms with Gasteiger partial charge in [-0.1, -0.05) is 139 Å². The zero-order chi connectivity index (χ0) is 40.4. The summed E-state index contributed by atoms with van der Waals surface area (Å²) in [5.41, 5.74) is 12.5. The van der Waals surface area contributed by atoms with Crippen molar-refractivity contribution in [3.8, 4) is 0 Å². The van der Waals surface area contributed by atoms with Gasteiger partial charge in [-0.2, -0.15) is 0 Å². The van der Waals surface area contributed by atoms with E-state index in [1.54, 1.807) is 0 Å². The highest BCUT2D eigenvalue weighted by Gasteiger charge is 2.52. The minimum absolute atomic E-state index is 0.208. The molecule has 0 spiro atoms. The van der Waals surface area contributed by atoms with Crippen LogP contribution in [0, 0.1) is 0 Å². The first-order valence-corrected chi connectivity index (χ1v) is 20.4. The number of hydrogen-bond donors (Lipinski definition) is 1. The minimum Gasteiger partial charge on any atom is -0.387 e. The van der Waals surface area contributed by atoms with E-state index in [1.807, 2.05) is 135 Å². The lowest BCUT2D eigenvalue weighted by atomic mass is 9.97. The molecule has 1 N–H and O–H groups in total. The number of rotatable bonds is 22. The number of ether oxygens (including phenoxy) is 8. The second-order valence-corrected chi connectivity index (χ2v) is 14.8. The maximum Gasteiger partial charge on any atom is 0.187 e. The molecule has 6 rings (SSSR count). The third-order valence-corrected chi connectivity index (χ3v) is 10.4. The molecule has 10 atom stereocenters. The van der Waals surface area contributed by atoms with Crippen LogP contribution in [0.1, 0.15) is 61.8 Å². The van der Waals surface area contributed by atoms with Gasteiger partial charge >= 0.3 is 0 Å². The van der Waals surface area contributed by atoms with Crippen LogP contribution in [0.3, 0.4) is 0 Å². The first kappa shape index (κ1) is 43.4. The summed E-state index contributed by atoms with van der Waals surface area (Å²) in [4.78, 5) is 2.85. The summed E-state index contributed by atoms with van der Waals surface area (Å²) in [6.45, 7) is 5.81. The molecule has 310 valence electrons. The predicted octanol–water partition coefficient (Wildman–Crippen LogP) is 8.45. The number of unbranched alkanes of at least 4 members (excludes halogenated alkanes) is 3. The van der Waals surface area contributed by atoms with Crippen LogP contribution in [0.5, 0.6) is 0 Å². The Kier molecular flexibility index (Phi) is 17.5. The smallest absolute Gasteiger partial charge is 0.187 e. The number of aliphatic hydroxyl groups excluding tert-OH is 1. The number of nitrogens with zero attached hydrogens (tertiary/aromatic N) is 3. The summed E-state index contributed by atoms with van der Waals surface area (Å²) >= 11 is 0. The molecule has 2 aliphatic heterocycles. The SMILES string of the molecule is C[C@@H]1O[C@@H](O[C@H]2[C@H](OCCCCCCN=[N+]=[N-])O[C@@H](C)[C@H](OCc3ccccc3)[C@H]2OCc2ccccc2)[C@H](OCc2ccccc2)[C@H](O)[C@H]1OCc1ccccc1. The van der Waals surface area contributed by atoms with E-state index < -0.39 is 61.4 Å². The molecule has 0 aliphatic carbocycles. The molecule has 58 heavy (non-hydrogen) atoms. The number of benzene rings is 4. The van der Waals surface area contributed by atoms with Crippen molar-refractivity contribution in [3.63, 3.8) is 0 Å². The molecule has 0 amide bonds. The summed E-state index contributed by atoms with van der Waals surface area (Å²) in [7, 11) is 0. The molecule has 2 fully saturated rings. The van der Waals surface area contributed by atoms with Gasteiger partial charge in [0.25, 0.3) is 0 Å². The fraction of sp³-hybridized carbons (Fsp3) is 0.478. The van der Waals surface area contributed by atoms with E-state index in [0.29, 0.717) is 26.4 Å². The molecule has 4 aromatic carbocycles. The average molecular weight is 796 g/mol. The first-order valence-electron chi connectivity index (χ1n) is 20.4. The van der Waals surface area contributed by atoms with Gasteiger partial charge in [-0.3, -0.25) is 0 Å². The van der Waals surface area contributed by atoms with Gasteiger partial charge in [0.15, 0.2) is 12.6 Å². The Labute approximate surface area is 341 Å². The molecule has 0 unspecified atom stereocenters. The highest BCUT2D eigenvalue weighted by molar-refractivity contribution is 5.16. The summed E-state index contributed by atoms with van der Waals surface area (Å²) in [5.74, 6) is 0. The van der Waals surface area contributed by atoms with Gasteiger partial charge in [0.05, 0.1) is 38.6 Å². The second kappa shape index (κ2) is 23.4. The number of aliphatic hydroxyl groups is 1. The molecule has 4 aromatic rings. The van der Waals surface area contributed by atoms with Gasteiger partial charge in [-0.05, 0) is 54.5 Å². The van der Waals surface area contributed by atoms with Gasteiger partial charge in [0.1, 0.15) is 36.6 Å². The van der Waals surface area contributed by atoms with Gasteiger partial charge in [-0.25, -0.2) is 0 Å². The summed E-state index contributed by atoms with van der Waals surface area (Å²) in [5, 5.41) is 15.7. The maximum atomic E-state index is 12.1. The van der Waals surface area contributed by atoms with Crippen molar-refractivity contribution in [1.29, 1.82) is 0 Å². The van der Waals surface area contributed by atoms with Crippen LogP contribution in [0.25, 0.3) is 10.4 Å². The van der Waals surface area contributed by atoms with Crippen LogP contribution in [-0.2, 0) is 64.3 Å². The fourth-order valence-electron chi connectivity index (χ4n) is 7.29. The Hall–Kier alpha value is -4.17. The average Bonchev–Trinajstić information content (AvgIpc) is 3.25. The summed E-state index contributed by atoms with van der Waals surface area (Å²) in [6, 6.07) is 39.5. The standard InChI is InChI=1S/C46H57N3O9/c1-33-40(52-29-35-19-9-5-10-20-35)39(50)42(54-31-37-23-13-7-14-24-37)46(57-33)58-44-43(55-32-38-25-15-8-16-26-38)41(53-30-36-21-11-6-12-22-36)34(2)56-45(44)51-28-18-4-3-17-27-48-49-47/h5-16,19-26,33-34,39-46,50H,3-4,17-18,27-32H2,1-2H3/t33-,34-,39+,40-,41-,42+,43+,44+,45+,46-/m0/s1. The Morgan fingerprint density at radius 1 is 0.517 bits per heavy atom. The molecule has 2 aliphatic rings. The lowest BCUT2D eigenvalue weighted by molar-refractivity contribution is -0.375. The third kappa shape index (κ3) is 12.9. The van der Waals surface area contributed by atoms with Crippen molar-refractivity contribution in [3.05, 3.63) is 154 Å². The fourth-order valence-corrected chi connectivity index (χ4v) is 7.29. The molecule has 12 nitrogen and oxygen atoms in total. The number of azide groups is 1. The van der Waals surface area contributed by atoms with Gasteiger partial charge in [0.2, 0.25) is 0 Å². The quantitative estimate of drug-likeness (QED) is 0.0359. The summed E-state index contributed by atoms with van der Waals surface area (Å²) in [6.07, 6.45) is -4.44. The van der Waals surface area contributed by atoms with E-state index >= 15 is 0 Å². The number of hydrogen-bond acceptors (Lipinski definition) is 10. The topological polar surface area (TPSA) is 143 Å². The Bertz CT molecular complexity index is 1770. The first-order chi connectivity index (χ1) is 28.5. The zero-order valence-corrected chi connectivity index (χ0v) is 33.4. The molecule has 0 bridgehead atoms. The van der Waals surface area contributed by atoms with E-state index in [0.717, 1.165) is 47.9 Å². The molecule has 0 saturated carbocycles. The van der Waals surface area contributed by atoms with Crippen LogP contribution in [0.2, 0.25) is 0 Å². The van der Waals surface area contributed by atoms with Crippen molar-refractivity contribution < 1.29 is 43.0 Å². The molecule has 0 aromatic heterocycles. The zero-order valence-electron chi connectivity index (χ0n) is 33.4. The third-order valence-electron chi connectivity index (χ3n) is 10.4. The Balaban J connectivity index is 1.27. The van der Waals surface area contributed by atoms with Gasteiger partial charge < -0.3 is 43.0 Å². The van der Waals surface area contributed by atoms with E-state index in [4.69, 9.17) is 43.4 Å². The Morgan fingerprint density at radius 3 is 1.47 bits per heavy atom. The molecule has 0 radical (unpaired) electrons. The van der Waals surface area contributed by atoms with E-state index in [2.05, 4.69) is 10.0 Å². The lowest BCUT2D eigenvalue weighted by Gasteiger charge is -2.49. The van der Waals surface area contributed by atoms with Gasteiger partial charge in [0, 0.05) is 18.1 Å². The maximum absolute atomic E-state index is 12.1. The van der Waals surface area contributed by atoms with Gasteiger partial charge in [-0.15, -0.1) is 0 Å². The van der Waals surface area contributed by atoms with Crippen molar-refractivity contribution in [1.82, 2.24) is 0 Å². The largest absolute Gasteiger partial charge is 0.387 e. The van der Waals surface area contributed by atoms with Crippen LogP contribution in [-0.4, -0.2) is 79.7 Å². The molecular weight excluding hydrogens is 739 g/mol. The highest BCUT2D eigenvalue weighted by atomic mass is 16.8. The lowest BCUT2D eigenvalue weighted by Crippen LogP contribution is -2.64. The molecule has 2 saturated heterocycles. The van der Waals surface area contributed by atoms with Crippen LogP contribution < -0.4 is 0 Å². The molecular formula is C46H57N3O9. The second-order valence-electron chi connectivity index (χ2n) is 14.8. The van der Waals surface area contributed by atoms with Crippen molar-refractivity contribution in [2.24, 2.45) is 5.11 Å². The van der Waals surface area contributed by atoms with E-state index in [1.165, 1.54) is 0 Å². The molecule has 2 heterocycles. The van der Waals surface area contributed by atoms with E-state index in [-0.39, 0.29) is 13.2 Å². The normalized spacial score (nSPS) is 27.2. The predicted molar refractivity (Wildman–Crippen MR) is 218 cm³/mol. The van der Waals surface area contributed by atoms with E-state index in [9.17, 15) is 5.11 Å². The van der Waals surface area contributed by atoms with Crippen LogP contribution in [0.15, 0.2) is 126 Å². The monoisotopic (exact) mass is 795 g/mol. The van der Waals surface area contributed by atoms with Crippen LogP contribution >= 0.6 is 0 Å². The van der Waals surface area contributed by atoms with Crippen LogP contribution in [0.4, 0.5) is 0 Å². The van der Waals surface area contributed by atoms with Crippen molar-refractivity contribution >= 4 is 0 Å². The minimum atomic E-state index is -1.11. The highest BCUT2D eigenvalue weighted by Crippen LogP contribution is 2.35. The summed E-state index contributed by atoms with van der Waals surface area (Å²) < 4.78 is 53.0.